The van der Waals surface area contributed by atoms with Gasteiger partial charge in [-0.05, 0) is 31.2 Å². The third-order valence-corrected chi connectivity index (χ3v) is 2.73. The molecule has 0 saturated carbocycles. The van der Waals surface area contributed by atoms with Gasteiger partial charge in [-0.1, -0.05) is 0 Å². The molecule has 2 rings (SSSR count). The normalized spacial score (nSPS) is 11.1. The summed E-state index contributed by atoms with van der Waals surface area (Å²) in [7, 11) is 0. The zero-order valence-electron chi connectivity index (χ0n) is 11.3. The lowest BCUT2D eigenvalue weighted by Gasteiger charge is -2.07. The van der Waals surface area contributed by atoms with Crippen molar-refractivity contribution in [2.45, 2.75) is 13.1 Å². The van der Waals surface area contributed by atoms with Crippen LogP contribution in [0.25, 0.3) is 0 Å². The van der Waals surface area contributed by atoms with Crippen LogP contribution in [0.5, 0.6) is 0 Å². The van der Waals surface area contributed by atoms with E-state index in [1.165, 1.54) is 25.3 Å². The minimum absolute atomic E-state index is 0.0366. The van der Waals surface area contributed by atoms with E-state index in [1.54, 1.807) is 0 Å². The van der Waals surface area contributed by atoms with Crippen LogP contribution in [0.1, 0.15) is 33.3 Å². The number of nitrogens with one attached hydrogen (secondary N) is 1. The van der Waals surface area contributed by atoms with Gasteiger partial charge in [0.25, 0.3) is 5.91 Å². The highest BCUT2D eigenvalue weighted by Crippen LogP contribution is 2.27. The number of ketones is 1. The third kappa shape index (κ3) is 3.66. The fourth-order valence-electron chi connectivity index (χ4n) is 1.56. The van der Waals surface area contributed by atoms with Crippen molar-refractivity contribution in [3.8, 4) is 0 Å². The topological polar surface area (TPSA) is 72.0 Å². The fourth-order valence-corrected chi connectivity index (χ4v) is 1.56. The molecule has 2 aromatic rings. The maximum Gasteiger partial charge on any atom is 0.433 e. The molecule has 0 aliphatic heterocycles. The zero-order chi connectivity index (χ0) is 16.3. The summed E-state index contributed by atoms with van der Waals surface area (Å²) in [5.74, 6) is -0.642. The molecule has 5 nitrogen and oxygen atoms in total. The van der Waals surface area contributed by atoms with Gasteiger partial charge in [0.15, 0.2) is 5.78 Å². The summed E-state index contributed by atoms with van der Waals surface area (Å²) in [6.07, 6.45) is -2.43. The van der Waals surface area contributed by atoms with Crippen LogP contribution in [0.15, 0.2) is 36.7 Å². The lowest BCUT2D eigenvalue weighted by Crippen LogP contribution is -2.15. The second-order valence-electron chi connectivity index (χ2n) is 4.37. The van der Waals surface area contributed by atoms with Crippen molar-refractivity contribution in [3.05, 3.63) is 53.5 Å². The molecule has 114 valence electrons. The molecule has 0 fully saturated rings. The highest BCUT2D eigenvalue weighted by atomic mass is 19.4. The van der Waals surface area contributed by atoms with Gasteiger partial charge >= 0.3 is 6.18 Å². The van der Waals surface area contributed by atoms with Crippen molar-refractivity contribution in [3.63, 3.8) is 0 Å². The van der Waals surface area contributed by atoms with Gasteiger partial charge in [0.2, 0.25) is 0 Å². The molecule has 8 heteroatoms. The van der Waals surface area contributed by atoms with E-state index in [1.807, 2.05) is 0 Å². The first-order valence-corrected chi connectivity index (χ1v) is 6.09. The van der Waals surface area contributed by atoms with Crippen LogP contribution < -0.4 is 5.32 Å². The Kier molecular flexibility index (Phi) is 4.20. The summed E-state index contributed by atoms with van der Waals surface area (Å²) in [5.41, 5.74) is -0.729. The average molecular weight is 309 g/mol. The molecule has 1 amide bonds. The number of aromatic nitrogens is 2. The maximum atomic E-state index is 12.4. The standard InChI is InChI=1S/C14H10F3N3O2/c1-8(21)9-3-5-12(19-6-9)20-13(22)10-2-4-11(18-7-10)14(15,16)17/h2-7H,1H3,(H,19,20,22). The first-order valence-electron chi connectivity index (χ1n) is 6.09. The van der Waals surface area contributed by atoms with E-state index >= 15 is 0 Å². The Morgan fingerprint density at radius 3 is 2.09 bits per heavy atom. The van der Waals surface area contributed by atoms with E-state index in [0.717, 1.165) is 18.3 Å². The highest BCUT2D eigenvalue weighted by molar-refractivity contribution is 6.03. The monoisotopic (exact) mass is 309 g/mol. The number of alkyl halides is 3. The van der Waals surface area contributed by atoms with Gasteiger partial charge < -0.3 is 5.32 Å². The van der Waals surface area contributed by atoms with E-state index in [0.29, 0.717) is 5.56 Å². The number of amides is 1. The molecule has 1 N–H and O–H groups in total. The molecule has 0 unspecified atom stereocenters. The summed E-state index contributed by atoms with van der Waals surface area (Å²) in [6.45, 7) is 1.38. The first-order chi connectivity index (χ1) is 10.3. The number of nitrogens with zero attached hydrogens (tertiary/aromatic N) is 2. The molecule has 0 aromatic carbocycles. The minimum atomic E-state index is -4.56. The average Bonchev–Trinajstić information content (AvgIpc) is 2.47. The largest absolute Gasteiger partial charge is 0.433 e. The molecular formula is C14H10F3N3O2. The van der Waals surface area contributed by atoms with Gasteiger partial charge in [0.05, 0.1) is 5.56 Å². The summed E-state index contributed by atoms with van der Waals surface area (Å²) in [4.78, 5) is 30.0. The lowest BCUT2D eigenvalue weighted by atomic mass is 10.2. The van der Waals surface area contributed by atoms with E-state index in [4.69, 9.17) is 0 Å². The van der Waals surface area contributed by atoms with Crippen LogP contribution in [-0.4, -0.2) is 21.7 Å². The Labute approximate surface area is 123 Å². The Balaban J connectivity index is 2.10. The number of anilines is 1. The Morgan fingerprint density at radius 2 is 1.64 bits per heavy atom. The number of carbonyl (C=O) groups is 2. The van der Waals surface area contributed by atoms with Gasteiger partial charge in [0, 0.05) is 18.0 Å². The Morgan fingerprint density at radius 1 is 1.00 bits per heavy atom. The number of hydrogen-bond acceptors (Lipinski definition) is 4. The van der Waals surface area contributed by atoms with Crippen molar-refractivity contribution in [1.29, 1.82) is 0 Å². The molecule has 0 aliphatic carbocycles. The van der Waals surface area contributed by atoms with Crippen LogP contribution in [0, 0.1) is 0 Å². The molecule has 0 atom stereocenters. The lowest BCUT2D eigenvalue weighted by molar-refractivity contribution is -0.141. The molecule has 0 saturated heterocycles. The summed E-state index contributed by atoms with van der Waals surface area (Å²) in [5, 5.41) is 2.40. The maximum absolute atomic E-state index is 12.4. The number of hydrogen-bond donors (Lipinski definition) is 1. The molecule has 0 radical (unpaired) electrons. The number of carbonyl (C=O) groups excluding carboxylic acids is 2. The number of halogens is 3. The van der Waals surface area contributed by atoms with Crippen LogP contribution in [0.3, 0.4) is 0 Å². The predicted molar refractivity (Wildman–Crippen MR) is 71.4 cm³/mol. The Bertz CT molecular complexity index is 695. The SMILES string of the molecule is CC(=O)c1ccc(NC(=O)c2ccc(C(F)(F)F)nc2)nc1. The van der Waals surface area contributed by atoms with Gasteiger partial charge in [-0.2, -0.15) is 13.2 Å². The first kappa shape index (κ1) is 15.6. The molecule has 2 heterocycles. The molecule has 2 aromatic heterocycles. The van der Waals surface area contributed by atoms with Crippen LogP contribution >= 0.6 is 0 Å². The Hall–Kier alpha value is -2.77. The van der Waals surface area contributed by atoms with Gasteiger partial charge in [0.1, 0.15) is 11.5 Å². The van der Waals surface area contributed by atoms with Crippen LogP contribution in [-0.2, 0) is 6.18 Å². The van der Waals surface area contributed by atoms with E-state index < -0.39 is 17.8 Å². The molecular weight excluding hydrogens is 299 g/mol. The van der Waals surface area contributed by atoms with Gasteiger partial charge in [-0.15, -0.1) is 0 Å². The second-order valence-corrected chi connectivity index (χ2v) is 4.37. The number of Topliss-reactive ketones (excluding diaryl/α,β-unsaturated/α-hetero) is 1. The van der Waals surface area contributed by atoms with Crippen molar-refractivity contribution in [2.24, 2.45) is 0 Å². The van der Waals surface area contributed by atoms with E-state index in [9.17, 15) is 22.8 Å². The number of pyridine rings is 2. The number of rotatable bonds is 3. The minimum Gasteiger partial charge on any atom is -0.307 e. The quantitative estimate of drug-likeness (QED) is 0.885. The third-order valence-electron chi connectivity index (χ3n) is 2.73. The second kappa shape index (κ2) is 5.92. The van der Waals surface area contributed by atoms with Crippen LogP contribution in [0.2, 0.25) is 0 Å². The van der Waals surface area contributed by atoms with E-state index in [2.05, 4.69) is 15.3 Å². The molecule has 22 heavy (non-hydrogen) atoms. The van der Waals surface area contributed by atoms with Gasteiger partial charge in [-0.25, -0.2) is 4.98 Å². The molecule has 0 spiro atoms. The summed E-state index contributed by atoms with van der Waals surface area (Å²) in [6, 6.07) is 4.65. The van der Waals surface area contributed by atoms with Crippen LogP contribution in [0.4, 0.5) is 19.0 Å². The van der Waals surface area contributed by atoms with Crippen molar-refractivity contribution in [2.75, 3.05) is 5.32 Å². The zero-order valence-corrected chi connectivity index (χ0v) is 11.3. The predicted octanol–water partition coefficient (Wildman–Crippen LogP) is 2.95. The molecule has 0 aliphatic rings. The smallest absolute Gasteiger partial charge is 0.307 e. The summed E-state index contributed by atoms with van der Waals surface area (Å²) >= 11 is 0. The van der Waals surface area contributed by atoms with Crippen molar-refractivity contribution >= 4 is 17.5 Å². The van der Waals surface area contributed by atoms with Crippen molar-refractivity contribution in [1.82, 2.24) is 9.97 Å². The summed E-state index contributed by atoms with van der Waals surface area (Å²) < 4.78 is 37.1. The van der Waals surface area contributed by atoms with E-state index in [-0.39, 0.29) is 17.2 Å². The highest BCUT2D eigenvalue weighted by Gasteiger charge is 2.32. The fraction of sp³-hybridized carbons (Fsp3) is 0.143. The van der Waals surface area contributed by atoms with Gasteiger partial charge in [-0.3, -0.25) is 14.6 Å². The molecule has 0 bridgehead atoms. The van der Waals surface area contributed by atoms with Crippen molar-refractivity contribution < 1.29 is 22.8 Å².